The van der Waals surface area contributed by atoms with Crippen molar-refractivity contribution in [3.8, 4) is 5.75 Å². The van der Waals surface area contributed by atoms with Crippen molar-refractivity contribution < 1.29 is 23.4 Å². The second-order valence-corrected chi connectivity index (χ2v) is 7.60. The van der Waals surface area contributed by atoms with E-state index in [1.807, 2.05) is 37.3 Å². The van der Waals surface area contributed by atoms with Crippen LogP contribution in [0.15, 0.2) is 42.5 Å². The molecular formula is C22H26FNO4S. The van der Waals surface area contributed by atoms with Crippen molar-refractivity contribution in [1.82, 2.24) is 5.32 Å². The Balaban J connectivity index is 1.55. The van der Waals surface area contributed by atoms with E-state index in [0.717, 1.165) is 17.5 Å². The Morgan fingerprint density at radius 3 is 2.93 bits per heavy atom. The lowest BCUT2D eigenvalue weighted by Crippen LogP contribution is -2.27. The summed E-state index contributed by atoms with van der Waals surface area (Å²) >= 11 is 1.43. The minimum absolute atomic E-state index is 0.0387. The van der Waals surface area contributed by atoms with Crippen LogP contribution in [-0.4, -0.2) is 31.4 Å². The minimum Gasteiger partial charge on any atom is -0.460 e. The molecule has 3 rings (SSSR count). The van der Waals surface area contributed by atoms with Crippen LogP contribution in [0.4, 0.5) is 4.39 Å². The predicted octanol–water partition coefficient (Wildman–Crippen LogP) is 4.21. The Kier molecular flexibility index (Phi) is 8.34. The second-order valence-electron chi connectivity index (χ2n) is 6.62. The van der Waals surface area contributed by atoms with Crippen LogP contribution >= 0.6 is 11.8 Å². The summed E-state index contributed by atoms with van der Waals surface area (Å²) in [5.74, 6) is 1.07. The number of fused-ring (bicyclic) bond motifs is 1. The van der Waals surface area contributed by atoms with Gasteiger partial charge in [-0.15, -0.1) is 11.8 Å². The zero-order chi connectivity index (χ0) is 20.5. The molecule has 1 atom stereocenters. The summed E-state index contributed by atoms with van der Waals surface area (Å²) in [5, 5.41) is 2.87. The molecule has 1 aliphatic heterocycles. The van der Waals surface area contributed by atoms with Crippen molar-refractivity contribution in [3.63, 3.8) is 0 Å². The van der Waals surface area contributed by atoms with Gasteiger partial charge in [0.2, 0.25) is 12.2 Å². The number of hydrogen-bond donors (Lipinski definition) is 1. The number of nitrogens with one attached hydrogen (secondary N) is 1. The van der Waals surface area contributed by atoms with Crippen LogP contribution in [0.25, 0.3) is 0 Å². The molecule has 0 fully saturated rings. The maximum atomic E-state index is 14.0. The Morgan fingerprint density at radius 2 is 2.14 bits per heavy atom. The smallest absolute Gasteiger partial charge is 0.230 e. The number of carbonyl (C=O) groups is 1. The number of rotatable bonds is 10. The summed E-state index contributed by atoms with van der Waals surface area (Å²) in [4.78, 5) is 12.0. The molecule has 0 saturated carbocycles. The largest absolute Gasteiger partial charge is 0.460 e. The summed E-state index contributed by atoms with van der Waals surface area (Å²) in [6, 6.07) is 12.6. The van der Waals surface area contributed by atoms with Gasteiger partial charge >= 0.3 is 0 Å². The summed E-state index contributed by atoms with van der Waals surface area (Å²) in [6.07, 6.45) is 0.266. The molecule has 156 valence electrons. The maximum Gasteiger partial charge on any atom is 0.230 e. The molecule has 1 amide bonds. The van der Waals surface area contributed by atoms with Crippen molar-refractivity contribution >= 4 is 17.7 Å². The normalized spacial score (nSPS) is 15.4. The zero-order valence-electron chi connectivity index (χ0n) is 16.5. The quantitative estimate of drug-likeness (QED) is 0.585. The van der Waals surface area contributed by atoms with Gasteiger partial charge in [0.1, 0.15) is 11.6 Å². The van der Waals surface area contributed by atoms with Crippen LogP contribution < -0.4 is 10.1 Å². The van der Waals surface area contributed by atoms with Crippen molar-refractivity contribution in [1.29, 1.82) is 0 Å². The van der Waals surface area contributed by atoms with E-state index in [2.05, 4.69) is 5.32 Å². The third-order valence-electron chi connectivity index (χ3n) is 4.38. The number of benzene rings is 2. The molecule has 0 spiro atoms. The molecule has 0 aliphatic carbocycles. The van der Waals surface area contributed by atoms with Crippen molar-refractivity contribution in [2.24, 2.45) is 0 Å². The Hall–Kier alpha value is -2.09. The van der Waals surface area contributed by atoms with Crippen molar-refractivity contribution in [3.05, 3.63) is 65.0 Å². The third-order valence-corrected chi connectivity index (χ3v) is 5.36. The number of carbonyl (C=O) groups excluding carboxylic acids is 1. The fourth-order valence-corrected chi connectivity index (χ4v) is 3.83. The highest BCUT2D eigenvalue weighted by Gasteiger charge is 2.25. The monoisotopic (exact) mass is 419 g/mol. The van der Waals surface area contributed by atoms with E-state index in [1.165, 1.54) is 23.9 Å². The van der Waals surface area contributed by atoms with E-state index in [1.54, 1.807) is 0 Å². The Bertz CT molecular complexity index is 803. The molecule has 1 N–H and O–H groups in total. The summed E-state index contributed by atoms with van der Waals surface area (Å²) in [5.41, 5.74) is 2.33. The molecule has 0 unspecified atom stereocenters. The molecule has 5 nitrogen and oxygen atoms in total. The average Bonchev–Trinajstić information content (AvgIpc) is 2.74. The topological polar surface area (TPSA) is 56.8 Å². The molecule has 2 aromatic carbocycles. The molecule has 1 aliphatic rings. The number of amides is 1. The molecule has 0 aromatic heterocycles. The fraction of sp³-hybridized carbons (Fsp3) is 0.409. The molecule has 2 aromatic rings. The van der Waals surface area contributed by atoms with Gasteiger partial charge in [-0.1, -0.05) is 30.3 Å². The molecule has 1 heterocycles. The maximum absolute atomic E-state index is 14.0. The van der Waals surface area contributed by atoms with Gasteiger partial charge in [-0.3, -0.25) is 4.79 Å². The molecular weight excluding hydrogens is 393 g/mol. The summed E-state index contributed by atoms with van der Waals surface area (Å²) < 4.78 is 31.1. The van der Waals surface area contributed by atoms with Gasteiger partial charge in [-0.05, 0) is 25.5 Å². The van der Waals surface area contributed by atoms with Crippen LogP contribution in [0, 0.1) is 5.82 Å². The van der Waals surface area contributed by atoms with Crippen molar-refractivity contribution in [2.45, 2.75) is 32.0 Å². The molecule has 0 bridgehead atoms. The Labute approximate surface area is 174 Å². The zero-order valence-corrected chi connectivity index (χ0v) is 17.3. The standard InChI is InChI=1S/C22H26FNO4S/c1-2-26-10-6-9-24-20(25)15-29-14-18-12-19(23)11-17-13-27-22(28-21(17)18)16-7-4-3-5-8-16/h3-5,7-8,11-12,22H,2,6,9-10,13-15H2,1H3,(H,24,25)/t22-/m1/s1. The van der Waals surface area contributed by atoms with Gasteiger partial charge < -0.3 is 19.5 Å². The van der Waals surface area contributed by atoms with E-state index in [4.69, 9.17) is 14.2 Å². The SMILES string of the molecule is CCOCCCNC(=O)CSCc1cc(F)cc2c1O[C@H](c1ccccc1)OC2. The third kappa shape index (κ3) is 6.45. The molecule has 7 heteroatoms. The van der Waals surface area contributed by atoms with Gasteiger partial charge in [0.05, 0.1) is 12.4 Å². The molecule has 0 radical (unpaired) electrons. The van der Waals surface area contributed by atoms with Gasteiger partial charge in [0, 0.05) is 42.2 Å². The highest BCUT2D eigenvalue weighted by atomic mass is 32.2. The highest BCUT2D eigenvalue weighted by Crippen LogP contribution is 2.37. The predicted molar refractivity (Wildman–Crippen MR) is 111 cm³/mol. The first-order valence-electron chi connectivity index (χ1n) is 9.74. The minimum atomic E-state index is -0.522. The van der Waals surface area contributed by atoms with Gasteiger partial charge in [0.15, 0.2) is 0 Å². The first kappa shape index (κ1) is 21.6. The van der Waals surface area contributed by atoms with Crippen LogP contribution in [-0.2, 0) is 26.6 Å². The molecule has 29 heavy (non-hydrogen) atoms. The van der Waals surface area contributed by atoms with Gasteiger partial charge in [-0.25, -0.2) is 4.39 Å². The lowest BCUT2D eigenvalue weighted by atomic mass is 10.1. The van der Waals surface area contributed by atoms with E-state index in [-0.39, 0.29) is 18.3 Å². The number of hydrogen-bond acceptors (Lipinski definition) is 5. The van der Waals surface area contributed by atoms with E-state index in [9.17, 15) is 9.18 Å². The van der Waals surface area contributed by atoms with Crippen LogP contribution in [0.1, 0.15) is 36.3 Å². The first-order valence-corrected chi connectivity index (χ1v) is 10.9. The Morgan fingerprint density at radius 1 is 1.31 bits per heavy atom. The average molecular weight is 420 g/mol. The van der Waals surface area contributed by atoms with Gasteiger partial charge in [-0.2, -0.15) is 0 Å². The van der Waals surface area contributed by atoms with Crippen LogP contribution in [0.3, 0.4) is 0 Å². The number of ether oxygens (including phenoxy) is 3. The highest BCUT2D eigenvalue weighted by molar-refractivity contribution is 7.99. The number of halogens is 1. The lowest BCUT2D eigenvalue weighted by molar-refractivity contribution is -0.118. The summed E-state index contributed by atoms with van der Waals surface area (Å²) in [7, 11) is 0. The lowest BCUT2D eigenvalue weighted by Gasteiger charge is -2.28. The van der Waals surface area contributed by atoms with E-state index >= 15 is 0 Å². The number of thioether (sulfide) groups is 1. The first-order chi connectivity index (χ1) is 14.2. The fourth-order valence-electron chi connectivity index (χ4n) is 3.01. The van der Waals surface area contributed by atoms with E-state index < -0.39 is 6.29 Å². The second kappa shape index (κ2) is 11.2. The summed E-state index contributed by atoms with van der Waals surface area (Å²) in [6.45, 7) is 4.14. The van der Waals surface area contributed by atoms with Crippen LogP contribution in [0.5, 0.6) is 5.75 Å². The van der Waals surface area contributed by atoms with Gasteiger partial charge in [0.25, 0.3) is 0 Å². The van der Waals surface area contributed by atoms with Crippen molar-refractivity contribution in [2.75, 3.05) is 25.5 Å². The van der Waals surface area contributed by atoms with E-state index in [0.29, 0.717) is 42.6 Å². The molecule has 0 saturated heterocycles. The van der Waals surface area contributed by atoms with Crippen LogP contribution in [0.2, 0.25) is 0 Å².